The van der Waals surface area contributed by atoms with E-state index in [0.717, 1.165) is 6.26 Å². The molecule has 1 atom stereocenters. The first kappa shape index (κ1) is 8.95. The third-order valence-corrected chi connectivity index (χ3v) is 1.12. The van der Waals surface area contributed by atoms with Gasteiger partial charge in [0.1, 0.15) is 0 Å². The zero-order valence-corrected chi connectivity index (χ0v) is 6.17. The Morgan fingerprint density at radius 2 is 2.30 bits per heavy atom. The predicted molar refractivity (Wildman–Crippen MR) is 40.3 cm³/mol. The molecule has 0 aromatic carbocycles. The number of hydrogen-bond donors (Lipinski definition) is 0. The van der Waals surface area contributed by atoms with Crippen molar-refractivity contribution < 1.29 is 9.53 Å². The average Bonchev–Trinajstić information content (AvgIpc) is 1.89. The van der Waals surface area contributed by atoms with Crippen LogP contribution in [0.4, 0.5) is 0 Å². The standard InChI is InChI=1S/C8H12O2/c1-4-6-7(3)8(9)10-5-2/h4-5,7H,1-2,6H2,3H3. The second-order valence-corrected chi connectivity index (χ2v) is 2.03. The van der Waals surface area contributed by atoms with Gasteiger partial charge in [-0.1, -0.05) is 19.6 Å². The van der Waals surface area contributed by atoms with Crippen molar-refractivity contribution in [1.82, 2.24) is 0 Å². The summed E-state index contributed by atoms with van der Waals surface area (Å²) in [5, 5.41) is 0. The zero-order chi connectivity index (χ0) is 7.98. The summed E-state index contributed by atoms with van der Waals surface area (Å²) in [6.45, 7) is 8.57. The fourth-order valence-corrected chi connectivity index (χ4v) is 0.545. The molecule has 0 radical (unpaired) electrons. The van der Waals surface area contributed by atoms with E-state index in [1.807, 2.05) is 0 Å². The van der Waals surface area contributed by atoms with Gasteiger partial charge >= 0.3 is 5.97 Å². The molecule has 2 nitrogen and oxygen atoms in total. The van der Waals surface area contributed by atoms with Gasteiger partial charge in [-0.15, -0.1) is 6.58 Å². The van der Waals surface area contributed by atoms with Crippen molar-refractivity contribution in [2.75, 3.05) is 0 Å². The van der Waals surface area contributed by atoms with Crippen LogP contribution >= 0.6 is 0 Å². The van der Waals surface area contributed by atoms with E-state index in [9.17, 15) is 4.79 Å². The molecule has 1 unspecified atom stereocenters. The fourth-order valence-electron chi connectivity index (χ4n) is 0.545. The molecule has 56 valence electrons. The Morgan fingerprint density at radius 3 is 2.70 bits per heavy atom. The Morgan fingerprint density at radius 1 is 1.70 bits per heavy atom. The van der Waals surface area contributed by atoms with E-state index in [0.29, 0.717) is 6.42 Å². The highest BCUT2D eigenvalue weighted by Crippen LogP contribution is 2.04. The second-order valence-electron chi connectivity index (χ2n) is 2.03. The van der Waals surface area contributed by atoms with Crippen molar-refractivity contribution in [3.05, 3.63) is 25.5 Å². The molecule has 0 bridgehead atoms. The monoisotopic (exact) mass is 140 g/mol. The summed E-state index contributed by atoms with van der Waals surface area (Å²) in [5.74, 6) is -0.370. The summed E-state index contributed by atoms with van der Waals surface area (Å²) in [5.41, 5.74) is 0. The van der Waals surface area contributed by atoms with Crippen molar-refractivity contribution >= 4 is 5.97 Å². The summed E-state index contributed by atoms with van der Waals surface area (Å²) < 4.78 is 4.53. The second kappa shape index (κ2) is 4.79. The van der Waals surface area contributed by atoms with E-state index in [1.165, 1.54) is 0 Å². The van der Waals surface area contributed by atoms with E-state index in [1.54, 1.807) is 13.0 Å². The number of rotatable bonds is 4. The molecular weight excluding hydrogens is 128 g/mol. The van der Waals surface area contributed by atoms with Gasteiger partial charge in [-0.05, 0) is 6.42 Å². The third-order valence-electron chi connectivity index (χ3n) is 1.12. The molecule has 0 saturated heterocycles. The summed E-state index contributed by atoms with van der Waals surface area (Å²) >= 11 is 0. The van der Waals surface area contributed by atoms with E-state index in [4.69, 9.17) is 0 Å². The van der Waals surface area contributed by atoms with Crippen molar-refractivity contribution in [2.24, 2.45) is 5.92 Å². The van der Waals surface area contributed by atoms with E-state index < -0.39 is 0 Å². The first-order valence-electron chi connectivity index (χ1n) is 3.14. The maximum atomic E-state index is 10.8. The Balaban J connectivity index is 3.68. The molecular formula is C8H12O2. The van der Waals surface area contributed by atoms with Gasteiger partial charge in [-0.2, -0.15) is 0 Å². The molecule has 0 aromatic heterocycles. The first-order chi connectivity index (χ1) is 4.72. The van der Waals surface area contributed by atoms with Gasteiger partial charge in [0.2, 0.25) is 0 Å². The van der Waals surface area contributed by atoms with Crippen LogP contribution in [0.1, 0.15) is 13.3 Å². The maximum absolute atomic E-state index is 10.8. The van der Waals surface area contributed by atoms with Crippen LogP contribution < -0.4 is 0 Å². The topological polar surface area (TPSA) is 26.3 Å². The summed E-state index contributed by atoms with van der Waals surface area (Å²) in [6.07, 6.45) is 3.48. The molecule has 0 rings (SSSR count). The van der Waals surface area contributed by atoms with Crippen LogP contribution in [0.5, 0.6) is 0 Å². The number of esters is 1. The fraction of sp³-hybridized carbons (Fsp3) is 0.375. The maximum Gasteiger partial charge on any atom is 0.313 e. The number of hydrogen-bond acceptors (Lipinski definition) is 2. The molecule has 0 amide bonds. The molecule has 0 saturated carbocycles. The van der Waals surface area contributed by atoms with Gasteiger partial charge in [0, 0.05) is 0 Å². The molecule has 0 heterocycles. The largest absolute Gasteiger partial charge is 0.435 e. The summed E-state index contributed by atoms with van der Waals surface area (Å²) in [6, 6.07) is 0. The molecule has 0 aromatic rings. The number of ether oxygens (including phenoxy) is 1. The van der Waals surface area contributed by atoms with Gasteiger partial charge in [0.15, 0.2) is 0 Å². The quantitative estimate of drug-likeness (QED) is 0.338. The minimum absolute atomic E-state index is 0.115. The summed E-state index contributed by atoms with van der Waals surface area (Å²) in [4.78, 5) is 10.8. The van der Waals surface area contributed by atoms with Crippen LogP contribution in [0.2, 0.25) is 0 Å². The van der Waals surface area contributed by atoms with Crippen LogP contribution in [0.3, 0.4) is 0 Å². The smallest absolute Gasteiger partial charge is 0.313 e. The predicted octanol–water partition coefficient (Wildman–Crippen LogP) is 1.89. The van der Waals surface area contributed by atoms with Gasteiger partial charge in [-0.3, -0.25) is 4.79 Å². The SMILES string of the molecule is C=CCC(C)C(=O)OC=C. The van der Waals surface area contributed by atoms with E-state index in [-0.39, 0.29) is 11.9 Å². The highest BCUT2D eigenvalue weighted by atomic mass is 16.5. The van der Waals surface area contributed by atoms with Crippen LogP contribution in [-0.2, 0) is 9.53 Å². The molecule has 10 heavy (non-hydrogen) atoms. The van der Waals surface area contributed by atoms with Crippen molar-refractivity contribution in [1.29, 1.82) is 0 Å². The van der Waals surface area contributed by atoms with Gasteiger partial charge in [-0.25, -0.2) is 0 Å². The summed E-state index contributed by atoms with van der Waals surface area (Å²) in [7, 11) is 0. The lowest BCUT2D eigenvalue weighted by Crippen LogP contribution is -2.10. The number of carbonyl (C=O) groups is 1. The van der Waals surface area contributed by atoms with Gasteiger partial charge < -0.3 is 4.74 Å². The lowest BCUT2D eigenvalue weighted by molar-refractivity contribution is -0.141. The van der Waals surface area contributed by atoms with E-state index >= 15 is 0 Å². The van der Waals surface area contributed by atoms with Crippen LogP contribution in [0.25, 0.3) is 0 Å². The molecule has 0 aliphatic heterocycles. The highest BCUT2D eigenvalue weighted by molar-refractivity contribution is 5.72. The Kier molecular flexibility index (Phi) is 4.29. The average molecular weight is 140 g/mol. The minimum atomic E-state index is -0.255. The normalized spacial score (nSPS) is 11.7. The molecule has 0 spiro atoms. The highest BCUT2D eigenvalue weighted by Gasteiger charge is 2.10. The lowest BCUT2D eigenvalue weighted by Gasteiger charge is -2.03. The molecule has 0 fully saturated rings. The third kappa shape index (κ3) is 3.07. The molecule has 0 aliphatic rings. The van der Waals surface area contributed by atoms with Crippen molar-refractivity contribution in [3.63, 3.8) is 0 Å². The van der Waals surface area contributed by atoms with Gasteiger partial charge in [0.25, 0.3) is 0 Å². The Labute approximate surface area is 61.2 Å². The minimum Gasteiger partial charge on any atom is -0.435 e. The Bertz CT molecular complexity index is 138. The van der Waals surface area contributed by atoms with Gasteiger partial charge in [0.05, 0.1) is 12.2 Å². The van der Waals surface area contributed by atoms with Crippen molar-refractivity contribution in [2.45, 2.75) is 13.3 Å². The Hall–Kier alpha value is -1.05. The zero-order valence-electron chi connectivity index (χ0n) is 6.17. The van der Waals surface area contributed by atoms with Crippen LogP contribution in [-0.4, -0.2) is 5.97 Å². The van der Waals surface area contributed by atoms with E-state index in [2.05, 4.69) is 17.9 Å². The molecule has 2 heteroatoms. The van der Waals surface area contributed by atoms with Crippen molar-refractivity contribution in [3.8, 4) is 0 Å². The number of allylic oxidation sites excluding steroid dienone is 1. The lowest BCUT2D eigenvalue weighted by atomic mass is 10.1. The number of carbonyl (C=O) groups excluding carboxylic acids is 1. The molecule has 0 N–H and O–H groups in total. The molecule has 0 aliphatic carbocycles. The first-order valence-corrected chi connectivity index (χ1v) is 3.14. The van der Waals surface area contributed by atoms with Crippen LogP contribution in [0, 0.1) is 5.92 Å². The van der Waals surface area contributed by atoms with Crippen LogP contribution in [0.15, 0.2) is 25.5 Å².